The Morgan fingerprint density at radius 2 is 1.57 bits per heavy atom. The monoisotopic (exact) mass is 394 g/mol. The number of rotatable bonds is 4. The minimum atomic E-state index is -2.27. The van der Waals surface area contributed by atoms with E-state index in [0.717, 1.165) is 5.56 Å². The molecule has 1 aromatic carbocycles. The van der Waals surface area contributed by atoms with Crippen LogP contribution in [0.15, 0.2) is 30.6 Å². The summed E-state index contributed by atoms with van der Waals surface area (Å²) in [5, 5.41) is 9.05. The minimum absolute atomic E-state index is 0.207. The molecule has 0 saturated carbocycles. The molecule has 0 bridgehead atoms. The fourth-order valence-electron chi connectivity index (χ4n) is 2.40. The molecule has 0 aliphatic rings. The molecule has 2 N–H and O–H groups in total. The van der Waals surface area contributed by atoms with Crippen molar-refractivity contribution in [3.63, 3.8) is 0 Å². The first-order chi connectivity index (χ1) is 13.3. The van der Waals surface area contributed by atoms with Gasteiger partial charge in [-0.3, -0.25) is 14.9 Å². The van der Waals surface area contributed by atoms with Gasteiger partial charge in [-0.05, 0) is 25.1 Å². The van der Waals surface area contributed by atoms with Crippen molar-refractivity contribution in [2.24, 2.45) is 0 Å². The van der Waals surface area contributed by atoms with Crippen molar-refractivity contribution < 1.29 is 26.7 Å². The number of nitrogens with zero attached hydrogens (tertiary/aromatic N) is 2. The van der Waals surface area contributed by atoms with E-state index in [4.69, 9.17) is 0 Å². The molecule has 0 fully saturated rings. The van der Waals surface area contributed by atoms with Crippen molar-refractivity contribution in [1.29, 1.82) is 0 Å². The normalized spacial score (nSPS) is 11.2. The average molecular weight is 394 g/mol. The summed E-state index contributed by atoms with van der Waals surface area (Å²) < 4.78 is 66.6. The van der Waals surface area contributed by atoms with Crippen LogP contribution in [0.1, 0.15) is 11.1 Å². The van der Waals surface area contributed by atoms with Crippen molar-refractivity contribution in [2.75, 3.05) is 5.32 Å². The summed E-state index contributed by atoms with van der Waals surface area (Å²) in [6, 6.07) is 3.41. The number of aromatic amines is 1. The largest absolute Gasteiger partial charge is 0.307 e. The zero-order valence-electron chi connectivity index (χ0n) is 14.2. The summed E-state index contributed by atoms with van der Waals surface area (Å²) in [6.07, 6.45) is 4.27. The van der Waals surface area contributed by atoms with Gasteiger partial charge in [0, 0.05) is 29.6 Å². The number of carbonyl (C=O) groups is 1. The summed E-state index contributed by atoms with van der Waals surface area (Å²) in [5.41, 5.74) is 0.636. The molecule has 28 heavy (non-hydrogen) atoms. The van der Waals surface area contributed by atoms with Crippen LogP contribution in [-0.4, -0.2) is 21.1 Å². The molecule has 2 heterocycles. The predicted octanol–water partition coefficient (Wildman–Crippen LogP) is 4.13. The number of anilines is 1. The Bertz CT molecular complexity index is 1050. The Kier molecular flexibility index (Phi) is 5.21. The Morgan fingerprint density at radius 3 is 2.18 bits per heavy atom. The van der Waals surface area contributed by atoms with E-state index in [0.29, 0.717) is 23.4 Å². The fourth-order valence-corrected chi connectivity index (χ4v) is 2.40. The van der Waals surface area contributed by atoms with Crippen LogP contribution in [0, 0.1) is 36.0 Å². The van der Waals surface area contributed by atoms with Gasteiger partial charge in [-0.2, -0.15) is 5.10 Å². The topological polar surface area (TPSA) is 70.7 Å². The molecule has 0 atom stereocenters. The van der Waals surface area contributed by atoms with E-state index in [2.05, 4.69) is 20.5 Å². The van der Waals surface area contributed by atoms with E-state index in [1.807, 2.05) is 0 Å². The third kappa shape index (κ3) is 3.48. The van der Waals surface area contributed by atoms with Crippen molar-refractivity contribution >= 4 is 17.8 Å². The maximum atomic E-state index is 13.6. The van der Waals surface area contributed by atoms with Gasteiger partial charge in [0.2, 0.25) is 11.7 Å². The molecule has 0 unspecified atom stereocenters. The standard InChI is InChI=1S/C18H11F5N4O/c1-8-17(9-4-6-24-7-5-9)26-27-18(8)25-11(28)3-2-10-12(19)14(21)16(23)15(22)13(10)20/h2-7H,1H3,(H2,25,26,27,28). The first-order valence-corrected chi connectivity index (χ1v) is 7.77. The maximum Gasteiger partial charge on any atom is 0.249 e. The summed E-state index contributed by atoms with van der Waals surface area (Å²) in [4.78, 5) is 15.9. The summed E-state index contributed by atoms with van der Waals surface area (Å²) in [7, 11) is 0. The molecule has 0 aliphatic carbocycles. The van der Waals surface area contributed by atoms with Crippen LogP contribution in [0.2, 0.25) is 0 Å². The van der Waals surface area contributed by atoms with E-state index in [-0.39, 0.29) is 5.82 Å². The third-order valence-electron chi connectivity index (χ3n) is 3.86. The van der Waals surface area contributed by atoms with Crippen LogP contribution in [0.3, 0.4) is 0 Å². The van der Waals surface area contributed by atoms with Gasteiger partial charge in [-0.15, -0.1) is 0 Å². The van der Waals surface area contributed by atoms with Crippen molar-refractivity contribution in [2.45, 2.75) is 6.92 Å². The van der Waals surface area contributed by atoms with Crippen LogP contribution in [0.4, 0.5) is 27.8 Å². The summed E-state index contributed by atoms with van der Waals surface area (Å²) in [5.74, 6) is -11.2. The van der Waals surface area contributed by atoms with Crippen LogP contribution < -0.4 is 5.32 Å². The van der Waals surface area contributed by atoms with Crippen LogP contribution >= 0.6 is 0 Å². The van der Waals surface area contributed by atoms with Crippen molar-refractivity contribution in [3.8, 4) is 11.3 Å². The Balaban J connectivity index is 1.82. The highest BCUT2D eigenvalue weighted by Crippen LogP contribution is 2.26. The zero-order valence-corrected chi connectivity index (χ0v) is 14.2. The molecule has 144 valence electrons. The van der Waals surface area contributed by atoms with Crippen LogP contribution in [-0.2, 0) is 4.79 Å². The lowest BCUT2D eigenvalue weighted by atomic mass is 10.1. The van der Waals surface area contributed by atoms with Crippen LogP contribution in [0.25, 0.3) is 17.3 Å². The second kappa shape index (κ2) is 7.59. The fraction of sp³-hybridized carbons (Fsp3) is 0.0556. The molecule has 10 heteroatoms. The highest BCUT2D eigenvalue weighted by atomic mass is 19.2. The number of halogens is 5. The number of hydrogen-bond donors (Lipinski definition) is 2. The molecule has 0 spiro atoms. The SMILES string of the molecule is Cc1c(-c2ccncc2)n[nH]c1NC(=O)C=Cc1c(F)c(F)c(F)c(F)c1F. The van der Waals surface area contributed by atoms with Gasteiger partial charge in [0.25, 0.3) is 0 Å². The van der Waals surface area contributed by atoms with Gasteiger partial charge in [0.1, 0.15) is 5.82 Å². The van der Waals surface area contributed by atoms with Gasteiger partial charge in [0.05, 0.1) is 11.3 Å². The average Bonchev–Trinajstić information content (AvgIpc) is 3.05. The predicted molar refractivity (Wildman–Crippen MR) is 90.5 cm³/mol. The van der Waals surface area contributed by atoms with E-state index in [1.165, 1.54) is 0 Å². The molecular weight excluding hydrogens is 383 g/mol. The van der Waals surface area contributed by atoms with Gasteiger partial charge >= 0.3 is 0 Å². The zero-order chi connectivity index (χ0) is 20.4. The van der Waals surface area contributed by atoms with E-state index >= 15 is 0 Å². The first-order valence-electron chi connectivity index (χ1n) is 7.77. The number of amides is 1. The van der Waals surface area contributed by atoms with Crippen LogP contribution in [0.5, 0.6) is 0 Å². The second-order valence-electron chi connectivity index (χ2n) is 5.61. The van der Waals surface area contributed by atoms with E-state index < -0.39 is 40.6 Å². The number of pyridine rings is 1. The van der Waals surface area contributed by atoms with Gasteiger partial charge in [0.15, 0.2) is 23.3 Å². The summed E-state index contributed by atoms with van der Waals surface area (Å²) >= 11 is 0. The second-order valence-corrected chi connectivity index (χ2v) is 5.61. The lowest BCUT2D eigenvalue weighted by molar-refractivity contribution is -0.111. The minimum Gasteiger partial charge on any atom is -0.307 e. The van der Waals surface area contributed by atoms with Crippen molar-refractivity contribution in [3.05, 3.63) is 70.8 Å². The molecule has 5 nitrogen and oxygen atoms in total. The number of aromatic nitrogens is 3. The number of carbonyl (C=O) groups excluding carboxylic acids is 1. The van der Waals surface area contributed by atoms with Gasteiger partial charge < -0.3 is 5.32 Å². The Hall–Kier alpha value is -3.56. The maximum absolute atomic E-state index is 13.6. The van der Waals surface area contributed by atoms with E-state index in [1.54, 1.807) is 31.5 Å². The number of hydrogen-bond acceptors (Lipinski definition) is 3. The quantitative estimate of drug-likeness (QED) is 0.303. The number of H-pyrrole nitrogens is 1. The molecule has 3 aromatic rings. The molecule has 2 aromatic heterocycles. The molecule has 0 aliphatic heterocycles. The lowest BCUT2D eigenvalue weighted by Gasteiger charge is -2.04. The first kappa shape index (κ1) is 19.2. The molecule has 0 saturated heterocycles. The highest BCUT2D eigenvalue weighted by molar-refractivity contribution is 6.02. The molecule has 0 radical (unpaired) electrons. The van der Waals surface area contributed by atoms with Gasteiger partial charge in [-0.25, -0.2) is 22.0 Å². The molecule has 3 rings (SSSR count). The Morgan fingerprint density at radius 1 is 1.00 bits per heavy atom. The molecule has 1 amide bonds. The van der Waals surface area contributed by atoms with Gasteiger partial charge in [-0.1, -0.05) is 0 Å². The van der Waals surface area contributed by atoms with Crippen molar-refractivity contribution in [1.82, 2.24) is 15.2 Å². The Labute approximate surface area is 154 Å². The number of benzene rings is 1. The summed E-state index contributed by atoms with van der Waals surface area (Å²) in [6.45, 7) is 1.67. The third-order valence-corrected chi connectivity index (χ3v) is 3.86. The van der Waals surface area contributed by atoms with E-state index in [9.17, 15) is 26.7 Å². The smallest absolute Gasteiger partial charge is 0.249 e. The highest BCUT2D eigenvalue weighted by Gasteiger charge is 2.24. The molecular formula is C18H11F5N4O. The lowest BCUT2D eigenvalue weighted by Crippen LogP contribution is -2.10. The number of nitrogens with one attached hydrogen (secondary N) is 2.